The molecule has 0 aliphatic carbocycles. The fourth-order valence-electron chi connectivity index (χ4n) is 2.55. The number of methoxy groups -OCH3 is 2. The molecule has 0 atom stereocenters. The third-order valence-corrected chi connectivity index (χ3v) is 4.79. The molecule has 126 valence electrons. The first-order chi connectivity index (χ1) is 11.5. The third kappa shape index (κ3) is 2.58. The molecule has 0 unspecified atom stereocenters. The predicted molar refractivity (Wildman–Crippen MR) is 92.0 cm³/mol. The smallest absolute Gasteiger partial charge is 0.335 e. The molecular weight excluding hydrogens is 330 g/mol. The third-order valence-electron chi connectivity index (χ3n) is 3.95. The zero-order valence-electron chi connectivity index (χ0n) is 13.8. The zero-order valence-corrected chi connectivity index (χ0v) is 14.6. The molecule has 2 aromatic heterocycles. The van der Waals surface area contributed by atoms with E-state index in [0.29, 0.717) is 17.1 Å². The summed E-state index contributed by atoms with van der Waals surface area (Å²) in [6.45, 7) is 1.72. The number of fused-ring (bicyclic) bond motifs is 1. The SMILES string of the molecule is COC(OC)c1nsc2ccc(-n3c(=O)cc(C)n(C)c3=O)cc12. The standard InChI is InChI=1S/C16H17N3O4S/c1-9-7-13(20)19(16(21)18(9)2)10-5-6-12-11(8-10)14(17-24-12)15(22-3)23-4/h5-8,15H,1-4H3. The van der Waals surface area contributed by atoms with Crippen LogP contribution in [0.2, 0.25) is 0 Å². The molecular formula is C16H17N3O4S. The second-order valence-electron chi connectivity index (χ2n) is 5.35. The van der Waals surface area contributed by atoms with Gasteiger partial charge in [0, 0.05) is 38.4 Å². The van der Waals surface area contributed by atoms with Gasteiger partial charge in [-0.1, -0.05) is 0 Å². The number of rotatable bonds is 4. The van der Waals surface area contributed by atoms with Crippen molar-refractivity contribution in [3.05, 3.63) is 56.5 Å². The molecule has 0 spiro atoms. The number of hydrogen-bond acceptors (Lipinski definition) is 6. The molecule has 1 aromatic carbocycles. The highest BCUT2D eigenvalue weighted by Crippen LogP contribution is 2.30. The Labute approximate surface area is 141 Å². The Morgan fingerprint density at radius 3 is 2.54 bits per heavy atom. The van der Waals surface area contributed by atoms with Gasteiger partial charge in [-0.3, -0.25) is 4.79 Å². The second kappa shape index (κ2) is 6.31. The van der Waals surface area contributed by atoms with Gasteiger partial charge in [0.15, 0.2) is 0 Å². The van der Waals surface area contributed by atoms with Crippen molar-refractivity contribution in [2.75, 3.05) is 14.2 Å². The quantitative estimate of drug-likeness (QED) is 0.672. The Morgan fingerprint density at radius 1 is 1.17 bits per heavy atom. The fraction of sp³-hybridized carbons (Fsp3) is 0.312. The van der Waals surface area contributed by atoms with Gasteiger partial charge in [-0.2, -0.15) is 4.37 Å². The highest BCUT2D eigenvalue weighted by atomic mass is 32.1. The Bertz CT molecular complexity index is 1010. The monoisotopic (exact) mass is 347 g/mol. The molecule has 0 fully saturated rings. The van der Waals surface area contributed by atoms with Crippen LogP contribution in [0.3, 0.4) is 0 Å². The maximum absolute atomic E-state index is 12.5. The molecule has 2 heterocycles. The summed E-state index contributed by atoms with van der Waals surface area (Å²) in [6, 6.07) is 6.76. The van der Waals surface area contributed by atoms with Crippen molar-refractivity contribution in [2.45, 2.75) is 13.2 Å². The lowest BCUT2D eigenvalue weighted by Crippen LogP contribution is -2.38. The minimum atomic E-state index is -0.605. The summed E-state index contributed by atoms with van der Waals surface area (Å²) in [7, 11) is 4.70. The van der Waals surface area contributed by atoms with Crippen LogP contribution in [0.25, 0.3) is 15.8 Å². The average Bonchev–Trinajstić information content (AvgIpc) is 2.97. The maximum Gasteiger partial charge on any atom is 0.335 e. The van der Waals surface area contributed by atoms with Crippen molar-refractivity contribution in [3.8, 4) is 5.69 Å². The molecule has 8 heteroatoms. The van der Waals surface area contributed by atoms with Gasteiger partial charge >= 0.3 is 5.69 Å². The van der Waals surface area contributed by atoms with Crippen molar-refractivity contribution >= 4 is 21.6 Å². The minimum Gasteiger partial charge on any atom is -0.350 e. The second-order valence-corrected chi connectivity index (χ2v) is 6.16. The van der Waals surface area contributed by atoms with E-state index in [9.17, 15) is 9.59 Å². The fourth-order valence-corrected chi connectivity index (χ4v) is 3.32. The highest BCUT2D eigenvalue weighted by Gasteiger charge is 2.18. The molecule has 0 aliphatic heterocycles. The molecule has 7 nitrogen and oxygen atoms in total. The van der Waals surface area contributed by atoms with Gasteiger partial charge in [0.1, 0.15) is 5.69 Å². The minimum absolute atomic E-state index is 0.366. The van der Waals surface area contributed by atoms with E-state index in [2.05, 4.69) is 4.37 Å². The van der Waals surface area contributed by atoms with Gasteiger partial charge in [0.2, 0.25) is 6.29 Å². The van der Waals surface area contributed by atoms with E-state index in [1.807, 2.05) is 6.07 Å². The van der Waals surface area contributed by atoms with E-state index in [4.69, 9.17) is 9.47 Å². The summed E-state index contributed by atoms with van der Waals surface area (Å²) >= 11 is 1.31. The topological polar surface area (TPSA) is 75.3 Å². The van der Waals surface area contributed by atoms with Gasteiger partial charge in [-0.05, 0) is 36.7 Å². The van der Waals surface area contributed by atoms with Gasteiger partial charge in [-0.15, -0.1) is 0 Å². The van der Waals surface area contributed by atoms with Crippen molar-refractivity contribution < 1.29 is 9.47 Å². The van der Waals surface area contributed by atoms with Crippen molar-refractivity contribution in [1.82, 2.24) is 13.5 Å². The Morgan fingerprint density at radius 2 is 1.88 bits per heavy atom. The number of ether oxygens (including phenoxy) is 2. The van der Waals surface area contributed by atoms with E-state index in [0.717, 1.165) is 14.7 Å². The molecule has 0 N–H and O–H groups in total. The van der Waals surface area contributed by atoms with E-state index in [1.54, 1.807) is 26.1 Å². The first kappa shape index (κ1) is 16.6. The molecule has 24 heavy (non-hydrogen) atoms. The van der Waals surface area contributed by atoms with Crippen molar-refractivity contribution in [1.29, 1.82) is 0 Å². The van der Waals surface area contributed by atoms with Crippen LogP contribution in [-0.4, -0.2) is 27.7 Å². The molecule has 3 aromatic rings. The van der Waals surface area contributed by atoms with Crippen LogP contribution in [0.5, 0.6) is 0 Å². The van der Waals surface area contributed by atoms with E-state index >= 15 is 0 Å². The number of benzene rings is 1. The normalized spacial score (nSPS) is 11.5. The lowest BCUT2D eigenvalue weighted by Gasteiger charge is -2.12. The van der Waals surface area contributed by atoms with Gasteiger partial charge in [-0.25, -0.2) is 9.36 Å². The largest absolute Gasteiger partial charge is 0.350 e. The van der Waals surface area contributed by atoms with Crippen molar-refractivity contribution in [3.63, 3.8) is 0 Å². The maximum atomic E-state index is 12.5. The predicted octanol–water partition coefficient (Wildman–Crippen LogP) is 1.75. The first-order valence-electron chi connectivity index (χ1n) is 7.23. The van der Waals surface area contributed by atoms with Crippen LogP contribution in [0.4, 0.5) is 0 Å². The number of aryl methyl sites for hydroxylation is 1. The van der Waals surface area contributed by atoms with Crippen LogP contribution in [0, 0.1) is 6.92 Å². The Hall–Kier alpha value is -2.29. The summed E-state index contributed by atoms with van der Waals surface area (Å²) in [5, 5.41) is 0.792. The van der Waals surface area contributed by atoms with Crippen LogP contribution in [0.1, 0.15) is 17.7 Å². The van der Waals surface area contributed by atoms with E-state index < -0.39 is 6.29 Å². The molecule has 0 bridgehead atoms. The summed E-state index contributed by atoms with van der Waals surface area (Å²) < 4.78 is 18.4. The lowest BCUT2D eigenvalue weighted by molar-refractivity contribution is -0.107. The molecule has 0 saturated carbocycles. The van der Waals surface area contributed by atoms with Crippen LogP contribution >= 0.6 is 11.5 Å². The number of nitrogens with zero attached hydrogens (tertiary/aromatic N) is 3. The highest BCUT2D eigenvalue weighted by molar-refractivity contribution is 7.13. The van der Waals surface area contributed by atoms with Crippen molar-refractivity contribution in [2.24, 2.45) is 7.05 Å². The van der Waals surface area contributed by atoms with E-state index in [-0.39, 0.29) is 11.2 Å². The molecule has 3 rings (SSSR count). The molecule has 0 amide bonds. The van der Waals surface area contributed by atoms with Crippen LogP contribution in [0.15, 0.2) is 33.9 Å². The molecule has 0 radical (unpaired) electrons. The summed E-state index contributed by atoms with van der Waals surface area (Å²) in [6.07, 6.45) is -0.605. The number of aromatic nitrogens is 3. The first-order valence-corrected chi connectivity index (χ1v) is 8.00. The Kier molecular flexibility index (Phi) is 4.35. The van der Waals surface area contributed by atoms with E-state index in [1.165, 1.54) is 36.4 Å². The summed E-state index contributed by atoms with van der Waals surface area (Å²) in [5.41, 5.74) is 0.965. The molecule has 0 aliphatic rings. The van der Waals surface area contributed by atoms with Gasteiger partial charge < -0.3 is 14.0 Å². The summed E-state index contributed by atoms with van der Waals surface area (Å²) in [5.74, 6) is 0. The molecule has 0 saturated heterocycles. The lowest BCUT2D eigenvalue weighted by atomic mass is 10.2. The average molecular weight is 347 g/mol. The van der Waals surface area contributed by atoms with Gasteiger partial charge in [0.05, 0.1) is 10.4 Å². The van der Waals surface area contributed by atoms with Crippen LogP contribution < -0.4 is 11.2 Å². The Balaban J connectivity index is 2.26. The summed E-state index contributed by atoms with van der Waals surface area (Å²) in [4.78, 5) is 24.8. The number of hydrogen-bond donors (Lipinski definition) is 0. The van der Waals surface area contributed by atoms with Crippen LogP contribution in [-0.2, 0) is 16.5 Å². The van der Waals surface area contributed by atoms with Gasteiger partial charge in [0.25, 0.3) is 5.56 Å². The zero-order chi connectivity index (χ0) is 17.4.